The number of carbonyl (C=O) groups is 3. The third-order valence-corrected chi connectivity index (χ3v) is 6.35. The van der Waals surface area contributed by atoms with Crippen LogP contribution in [0.5, 0.6) is 0 Å². The first-order chi connectivity index (χ1) is 13.4. The number of hydrogen-bond donors (Lipinski definition) is 1. The normalized spacial score (nSPS) is 22.7. The molecule has 1 saturated carbocycles. The van der Waals surface area contributed by atoms with Crippen LogP contribution in [0.25, 0.3) is 0 Å². The zero-order chi connectivity index (χ0) is 19.9. The molecule has 1 aromatic carbocycles. The van der Waals surface area contributed by atoms with Crippen molar-refractivity contribution >= 4 is 23.5 Å². The molecule has 2 saturated heterocycles. The Kier molecular flexibility index (Phi) is 4.77. The summed E-state index contributed by atoms with van der Waals surface area (Å²) in [6, 6.07) is 7.15. The number of hydrogen-bond acceptors (Lipinski definition) is 4. The van der Waals surface area contributed by atoms with Crippen molar-refractivity contribution < 1.29 is 14.4 Å². The molecule has 4 amide bonds. The van der Waals surface area contributed by atoms with Gasteiger partial charge in [0.05, 0.1) is 0 Å². The topological polar surface area (TPSA) is 73.0 Å². The number of nitrogens with zero attached hydrogens (tertiary/aromatic N) is 3. The van der Waals surface area contributed by atoms with E-state index in [-0.39, 0.29) is 11.8 Å². The lowest BCUT2D eigenvalue weighted by Gasteiger charge is -2.38. The van der Waals surface area contributed by atoms with Gasteiger partial charge in [-0.1, -0.05) is 25.0 Å². The standard InChI is InChI=1S/C21H28N4O3/c1-15-6-5-7-17(14-15)23-10-12-24(13-11-23)18(26)16(2)25-19(27)21(22-20(25)28)8-3-4-9-21/h5-7,14,16H,3-4,8-13H2,1-2H3,(H,22,28). The number of benzene rings is 1. The zero-order valence-electron chi connectivity index (χ0n) is 16.6. The first kappa shape index (κ1) is 18.8. The highest BCUT2D eigenvalue weighted by Gasteiger charge is 2.54. The number of imide groups is 1. The fraction of sp³-hybridized carbons (Fsp3) is 0.571. The quantitative estimate of drug-likeness (QED) is 0.808. The van der Waals surface area contributed by atoms with Crippen molar-refractivity contribution in [1.82, 2.24) is 15.1 Å². The first-order valence-corrected chi connectivity index (χ1v) is 10.2. The molecule has 1 aromatic rings. The number of piperazine rings is 1. The predicted molar refractivity (Wildman–Crippen MR) is 106 cm³/mol. The Morgan fingerprint density at radius 2 is 1.79 bits per heavy atom. The van der Waals surface area contributed by atoms with E-state index in [0.29, 0.717) is 25.9 Å². The third kappa shape index (κ3) is 3.12. The van der Waals surface area contributed by atoms with Gasteiger partial charge in [0.25, 0.3) is 5.91 Å². The Hall–Kier alpha value is -2.57. The fourth-order valence-electron chi connectivity index (χ4n) is 4.69. The summed E-state index contributed by atoms with van der Waals surface area (Å²) >= 11 is 0. The van der Waals surface area contributed by atoms with Crippen LogP contribution < -0.4 is 10.2 Å². The van der Waals surface area contributed by atoms with Gasteiger partial charge in [-0.2, -0.15) is 0 Å². The summed E-state index contributed by atoms with van der Waals surface area (Å²) < 4.78 is 0. The van der Waals surface area contributed by atoms with Gasteiger partial charge < -0.3 is 15.1 Å². The number of amides is 4. The molecule has 28 heavy (non-hydrogen) atoms. The van der Waals surface area contributed by atoms with Crippen LogP contribution in [0.1, 0.15) is 38.2 Å². The molecule has 2 heterocycles. The molecule has 1 aliphatic carbocycles. The summed E-state index contributed by atoms with van der Waals surface area (Å²) in [5.41, 5.74) is 1.61. The Labute approximate surface area is 165 Å². The highest BCUT2D eigenvalue weighted by atomic mass is 16.2. The molecule has 7 heteroatoms. The molecule has 0 radical (unpaired) electrons. The van der Waals surface area contributed by atoms with Crippen LogP contribution in [0, 0.1) is 6.92 Å². The summed E-state index contributed by atoms with van der Waals surface area (Å²) in [5, 5.41) is 2.86. The van der Waals surface area contributed by atoms with Gasteiger partial charge in [-0.05, 0) is 44.4 Å². The molecule has 1 N–H and O–H groups in total. The molecule has 2 aliphatic heterocycles. The van der Waals surface area contributed by atoms with E-state index < -0.39 is 17.6 Å². The smallest absolute Gasteiger partial charge is 0.325 e. The van der Waals surface area contributed by atoms with Crippen LogP contribution in [0.15, 0.2) is 24.3 Å². The number of urea groups is 1. The van der Waals surface area contributed by atoms with E-state index in [4.69, 9.17) is 0 Å². The lowest BCUT2D eigenvalue weighted by atomic mass is 9.97. The van der Waals surface area contributed by atoms with Crippen LogP contribution in [0.4, 0.5) is 10.5 Å². The monoisotopic (exact) mass is 384 g/mol. The van der Waals surface area contributed by atoms with E-state index in [1.165, 1.54) is 5.56 Å². The maximum atomic E-state index is 13.0. The summed E-state index contributed by atoms with van der Waals surface area (Å²) in [7, 11) is 0. The Morgan fingerprint density at radius 1 is 1.11 bits per heavy atom. The van der Waals surface area contributed by atoms with Gasteiger partial charge in [0.15, 0.2) is 0 Å². The van der Waals surface area contributed by atoms with Crippen molar-refractivity contribution in [2.45, 2.75) is 51.1 Å². The Morgan fingerprint density at radius 3 is 2.43 bits per heavy atom. The zero-order valence-corrected chi connectivity index (χ0v) is 16.6. The lowest BCUT2D eigenvalue weighted by molar-refractivity contribution is -0.143. The van der Waals surface area contributed by atoms with Crippen LogP contribution in [-0.2, 0) is 9.59 Å². The van der Waals surface area contributed by atoms with E-state index in [1.807, 2.05) is 6.07 Å². The van der Waals surface area contributed by atoms with Gasteiger partial charge >= 0.3 is 6.03 Å². The molecule has 3 fully saturated rings. The molecular formula is C21H28N4O3. The number of nitrogens with one attached hydrogen (secondary N) is 1. The molecule has 1 unspecified atom stereocenters. The number of anilines is 1. The van der Waals surface area contributed by atoms with E-state index in [9.17, 15) is 14.4 Å². The van der Waals surface area contributed by atoms with Gasteiger partial charge in [0.2, 0.25) is 5.91 Å². The van der Waals surface area contributed by atoms with Gasteiger partial charge in [-0.25, -0.2) is 9.69 Å². The maximum absolute atomic E-state index is 13.0. The molecule has 0 bridgehead atoms. The van der Waals surface area contributed by atoms with E-state index in [1.54, 1.807) is 11.8 Å². The van der Waals surface area contributed by atoms with Gasteiger partial charge in [-0.3, -0.25) is 9.59 Å². The van der Waals surface area contributed by atoms with Gasteiger partial charge in [-0.15, -0.1) is 0 Å². The predicted octanol–water partition coefficient (Wildman–Crippen LogP) is 1.90. The SMILES string of the molecule is Cc1cccc(N2CCN(C(=O)C(C)N3C(=O)NC4(CCCC4)C3=O)CC2)c1. The van der Waals surface area contributed by atoms with E-state index >= 15 is 0 Å². The molecule has 4 rings (SSSR count). The van der Waals surface area contributed by atoms with Crippen LogP contribution in [0.3, 0.4) is 0 Å². The minimum absolute atomic E-state index is 0.151. The van der Waals surface area contributed by atoms with Crippen molar-refractivity contribution in [2.24, 2.45) is 0 Å². The van der Waals surface area contributed by atoms with Gasteiger partial charge in [0.1, 0.15) is 11.6 Å². The number of rotatable bonds is 3. The summed E-state index contributed by atoms with van der Waals surface area (Å²) in [6.07, 6.45) is 3.21. The third-order valence-electron chi connectivity index (χ3n) is 6.35. The van der Waals surface area contributed by atoms with Crippen molar-refractivity contribution in [2.75, 3.05) is 31.1 Å². The first-order valence-electron chi connectivity index (χ1n) is 10.2. The molecular weight excluding hydrogens is 356 g/mol. The fourth-order valence-corrected chi connectivity index (χ4v) is 4.69. The average Bonchev–Trinajstić information content (AvgIpc) is 3.26. The molecule has 3 aliphatic rings. The average molecular weight is 384 g/mol. The van der Waals surface area contributed by atoms with Crippen LogP contribution >= 0.6 is 0 Å². The minimum atomic E-state index is -0.768. The number of carbonyl (C=O) groups excluding carboxylic acids is 3. The number of aryl methyl sites for hydroxylation is 1. The molecule has 1 spiro atoms. The highest BCUT2D eigenvalue weighted by Crippen LogP contribution is 2.36. The van der Waals surface area contributed by atoms with Gasteiger partial charge in [0, 0.05) is 31.9 Å². The highest BCUT2D eigenvalue weighted by molar-refractivity contribution is 6.10. The second kappa shape index (κ2) is 7.11. The van der Waals surface area contributed by atoms with Crippen molar-refractivity contribution in [1.29, 1.82) is 0 Å². The molecule has 7 nitrogen and oxygen atoms in total. The van der Waals surface area contributed by atoms with Crippen LogP contribution in [-0.4, -0.2) is 65.4 Å². The van der Waals surface area contributed by atoms with Crippen molar-refractivity contribution in [3.05, 3.63) is 29.8 Å². The van der Waals surface area contributed by atoms with E-state index in [2.05, 4.69) is 35.3 Å². The van der Waals surface area contributed by atoms with Crippen LogP contribution in [0.2, 0.25) is 0 Å². The summed E-state index contributed by atoms with van der Waals surface area (Å²) in [5.74, 6) is -0.378. The second-order valence-electron chi connectivity index (χ2n) is 8.22. The van der Waals surface area contributed by atoms with Crippen molar-refractivity contribution in [3.8, 4) is 0 Å². The Balaban J connectivity index is 1.40. The summed E-state index contributed by atoms with van der Waals surface area (Å²) in [4.78, 5) is 43.6. The molecule has 1 atom stereocenters. The van der Waals surface area contributed by atoms with E-state index in [0.717, 1.165) is 36.5 Å². The second-order valence-corrected chi connectivity index (χ2v) is 8.22. The lowest BCUT2D eigenvalue weighted by Crippen LogP contribution is -2.55. The largest absolute Gasteiger partial charge is 0.368 e. The molecule has 150 valence electrons. The minimum Gasteiger partial charge on any atom is -0.368 e. The molecule has 0 aromatic heterocycles. The maximum Gasteiger partial charge on any atom is 0.325 e. The Bertz CT molecular complexity index is 795. The van der Waals surface area contributed by atoms with Crippen molar-refractivity contribution in [3.63, 3.8) is 0 Å². The summed E-state index contributed by atoms with van der Waals surface area (Å²) in [6.45, 7) is 6.40.